The van der Waals surface area contributed by atoms with Crippen molar-refractivity contribution in [3.8, 4) is 0 Å². The van der Waals surface area contributed by atoms with Gasteiger partial charge in [-0.05, 0) is 23.6 Å². The molecule has 0 fully saturated rings. The first kappa shape index (κ1) is 21.2. The quantitative estimate of drug-likeness (QED) is 0.694. The zero-order chi connectivity index (χ0) is 20.5. The third kappa shape index (κ3) is 5.70. The summed E-state index contributed by atoms with van der Waals surface area (Å²) >= 11 is 0. The maximum atomic E-state index is 12.8. The fraction of sp³-hybridized carbons (Fsp3) is 0.381. The monoisotopic (exact) mass is 385 g/mol. The molecular formula is C21H27N3O4. The van der Waals surface area contributed by atoms with Crippen molar-refractivity contribution in [2.24, 2.45) is 5.92 Å². The van der Waals surface area contributed by atoms with Crippen molar-refractivity contribution in [2.75, 3.05) is 11.4 Å². The third-order valence-corrected chi connectivity index (χ3v) is 4.76. The van der Waals surface area contributed by atoms with E-state index in [4.69, 9.17) is 0 Å². The Morgan fingerprint density at radius 1 is 1.11 bits per heavy atom. The van der Waals surface area contributed by atoms with E-state index in [0.29, 0.717) is 12.5 Å². The first-order valence-electron chi connectivity index (χ1n) is 9.46. The Morgan fingerprint density at radius 3 is 2.39 bits per heavy atom. The molecule has 0 aliphatic heterocycles. The van der Waals surface area contributed by atoms with Crippen LogP contribution >= 0.6 is 0 Å². The molecule has 2 amide bonds. The van der Waals surface area contributed by atoms with E-state index in [9.17, 15) is 19.5 Å². The van der Waals surface area contributed by atoms with Gasteiger partial charge in [-0.15, -0.1) is 0 Å². The van der Waals surface area contributed by atoms with Gasteiger partial charge >= 0.3 is 6.09 Å². The number of carbonyl (C=O) groups is 2. The van der Waals surface area contributed by atoms with Crippen molar-refractivity contribution in [1.29, 1.82) is 0 Å². The number of carboxylic acid groups (broad SMARTS) is 1. The molecule has 0 aliphatic rings. The Morgan fingerprint density at radius 2 is 1.79 bits per heavy atom. The van der Waals surface area contributed by atoms with Crippen LogP contribution in [0.25, 0.3) is 0 Å². The van der Waals surface area contributed by atoms with Gasteiger partial charge in [0, 0.05) is 12.7 Å². The van der Waals surface area contributed by atoms with Gasteiger partial charge < -0.3 is 15.0 Å². The molecule has 0 spiro atoms. The van der Waals surface area contributed by atoms with Gasteiger partial charge in [-0.2, -0.15) is 0 Å². The van der Waals surface area contributed by atoms with Crippen LogP contribution in [-0.4, -0.2) is 28.2 Å². The zero-order valence-corrected chi connectivity index (χ0v) is 16.3. The summed E-state index contributed by atoms with van der Waals surface area (Å²) in [4.78, 5) is 37.7. The Labute approximate surface area is 164 Å². The number of nitrogens with zero attached hydrogens (tertiary/aromatic N) is 2. The Hall–Kier alpha value is -3.09. The molecule has 0 bridgehead atoms. The summed E-state index contributed by atoms with van der Waals surface area (Å²) in [7, 11) is 0. The molecule has 2 aromatic rings. The molecule has 1 aromatic heterocycles. The molecule has 0 saturated carbocycles. The standard InChI is InChI=1S/C21H27N3O4/c1-3-16(4-2)13-22-19(25)15-23-12-8-11-18(20(23)26)24(21(27)28)14-17-9-6-5-7-10-17/h5-12,16H,3-4,13-15H2,1-2H3,(H,22,25)(H,27,28). The van der Waals surface area contributed by atoms with Crippen LogP contribution in [0.2, 0.25) is 0 Å². The number of benzene rings is 1. The number of nitrogens with one attached hydrogen (secondary N) is 1. The molecule has 1 aromatic carbocycles. The lowest BCUT2D eigenvalue weighted by Gasteiger charge is -2.20. The van der Waals surface area contributed by atoms with Crippen molar-refractivity contribution in [3.05, 3.63) is 64.6 Å². The highest BCUT2D eigenvalue weighted by molar-refractivity contribution is 5.85. The highest BCUT2D eigenvalue weighted by atomic mass is 16.4. The molecule has 1 heterocycles. The molecule has 7 nitrogen and oxygen atoms in total. The van der Waals surface area contributed by atoms with Crippen molar-refractivity contribution in [3.63, 3.8) is 0 Å². The van der Waals surface area contributed by atoms with Crippen LogP contribution in [0.3, 0.4) is 0 Å². The van der Waals surface area contributed by atoms with Crippen molar-refractivity contribution < 1.29 is 14.7 Å². The van der Waals surface area contributed by atoms with E-state index in [1.54, 1.807) is 18.2 Å². The maximum Gasteiger partial charge on any atom is 0.412 e. The number of hydrogen-bond donors (Lipinski definition) is 2. The predicted molar refractivity (Wildman–Crippen MR) is 108 cm³/mol. The first-order valence-corrected chi connectivity index (χ1v) is 9.46. The van der Waals surface area contributed by atoms with Crippen molar-refractivity contribution in [1.82, 2.24) is 9.88 Å². The highest BCUT2D eigenvalue weighted by Crippen LogP contribution is 2.13. The average molecular weight is 385 g/mol. The molecule has 0 radical (unpaired) electrons. The number of rotatable bonds is 9. The van der Waals surface area contributed by atoms with Gasteiger partial charge in [-0.25, -0.2) is 4.79 Å². The van der Waals surface area contributed by atoms with Gasteiger partial charge in [0.2, 0.25) is 5.91 Å². The van der Waals surface area contributed by atoms with Gasteiger partial charge in [0.1, 0.15) is 12.2 Å². The number of pyridine rings is 1. The third-order valence-electron chi connectivity index (χ3n) is 4.76. The SMILES string of the molecule is CCC(CC)CNC(=O)Cn1cccc(N(Cc2ccccc2)C(=O)O)c1=O. The van der Waals surface area contributed by atoms with Crippen LogP contribution in [0, 0.1) is 5.92 Å². The first-order chi connectivity index (χ1) is 13.5. The molecule has 2 N–H and O–H groups in total. The van der Waals surface area contributed by atoms with E-state index in [0.717, 1.165) is 23.3 Å². The summed E-state index contributed by atoms with van der Waals surface area (Å²) in [6.45, 7) is 4.61. The summed E-state index contributed by atoms with van der Waals surface area (Å²) < 4.78 is 1.23. The van der Waals surface area contributed by atoms with Gasteiger partial charge in [-0.1, -0.05) is 57.0 Å². The van der Waals surface area contributed by atoms with E-state index in [-0.39, 0.29) is 24.7 Å². The maximum absolute atomic E-state index is 12.8. The van der Waals surface area contributed by atoms with Gasteiger partial charge in [-0.3, -0.25) is 14.5 Å². The molecule has 7 heteroatoms. The Balaban J connectivity index is 2.17. The topological polar surface area (TPSA) is 91.6 Å². The second-order valence-electron chi connectivity index (χ2n) is 6.67. The van der Waals surface area contributed by atoms with Crippen LogP contribution in [0.4, 0.5) is 10.5 Å². The minimum absolute atomic E-state index is 0.0200. The summed E-state index contributed by atoms with van der Waals surface area (Å²) in [5.41, 5.74) is 0.271. The van der Waals surface area contributed by atoms with Crippen LogP contribution in [0.15, 0.2) is 53.5 Å². The predicted octanol–water partition coefficient (Wildman–Crippen LogP) is 3.09. The van der Waals surface area contributed by atoms with E-state index in [1.807, 2.05) is 18.2 Å². The number of hydrogen-bond acceptors (Lipinski definition) is 3. The molecule has 28 heavy (non-hydrogen) atoms. The van der Waals surface area contributed by atoms with E-state index >= 15 is 0 Å². The number of amides is 2. The van der Waals surface area contributed by atoms with Crippen LogP contribution in [0.1, 0.15) is 32.3 Å². The van der Waals surface area contributed by atoms with E-state index < -0.39 is 11.7 Å². The Bertz CT molecular complexity index is 844. The lowest BCUT2D eigenvalue weighted by molar-refractivity contribution is -0.121. The smallest absolute Gasteiger partial charge is 0.412 e. The molecule has 2 rings (SSSR count). The summed E-state index contributed by atoms with van der Waals surface area (Å²) in [5, 5.41) is 12.4. The molecule has 150 valence electrons. The van der Waals surface area contributed by atoms with Crippen LogP contribution in [0.5, 0.6) is 0 Å². The Kier molecular flexibility index (Phi) is 7.80. The number of anilines is 1. The van der Waals surface area contributed by atoms with Crippen LogP contribution < -0.4 is 15.8 Å². The van der Waals surface area contributed by atoms with Gasteiger partial charge in [0.05, 0.1) is 6.54 Å². The van der Waals surface area contributed by atoms with Gasteiger partial charge in [0.25, 0.3) is 5.56 Å². The fourth-order valence-electron chi connectivity index (χ4n) is 2.92. The zero-order valence-electron chi connectivity index (χ0n) is 16.3. The van der Waals surface area contributed by atoms with Crippen molar-refractivity contribution >= 4 is 17.7 Å². The minimum Gasteiger partial charge on any atom is -0.465 e. The highest BCUT2D eigenvalue weighted by Gasteiger charge is 2.19. The lowest BCUT2D eigenvalue weighted by Crippen LogP contribution is -2.38. The van der Waals surface area contributed by atoms with E-state index in [1.165, 1.54) is 16.8 Å². The number of carbonyl (C=O) groups excluding carboxylic acids is 1. The largest absolute Gasteiger partial charge is 0.465 e. The fourth-order valence-corrected chi connectivity index (χ4v) is 2.92. The summed E-state index contributed by atoms with van der Waals surface area (Å²) in [6.07, 6.45) is 2.21. The van der Waals surface area contributed by atoms with Crippen molar-refractivity contribution in [2.45, 2.75) is 39.8 Å². The second-order valence-corrected chi connectivity index (χ2v) is 6.67. The average Bonchev–Trinajstić information content (AvgIpc) is 2.69. The molecule has 0 unspecified atom stereocenters. The lowest BCUT2D eigenvalue weighted by atomic mass is 10.0. The summed E-state index contributed by atoms with van der Waals surface area (Å²) in [6, 6.07) is 12.1. The molecular weight excluding hydrogens is 358 g/mol. The van der Waals surface area contributed by atoms with Crippen LogP contribution in [-0.2, 0) is 17.9 Å². The van der Waals surface area contributed by atoms with Gasteiger partial charge in [0.15, 0.2) is 0 Å². The normalized spacial score (nSPS) is 10.7. The molecule has 0 saturated heterocycles. The molecule has 0 atom stereocenters. The minimum atomic E-state index is -1.23. The molecule has 0 aliphatic carbocycles. The summed E-state index contributed by atoms with van der Waals surface area (Å²) in [5.74, 6) is 0.136. The van der Waals surface area contributed by atoms with E-state index in [2.05, 4.69) is 19.2 Å². The second kappa shape index (κ2) is 10.3. The number of aromatic nitrogens is 1.